The third kappa shape index (κ3) is 4.16. The van der Waals surface area contributed by atoms with Crippen LogP contribution in [0.2, 0.25) is 0 Å². The van der Waals surface area contributed by atoms with Crippen LogP contribution < -0.4 is 10.2 Å². The normalized spacial score (nSPS) is 19.4. The van der Waals surface area contributed by atoms with Crippen molar-refractivity contribution >= 4 is 17.4 Å². The largest absolute Gasteiger partial charge is 0.370 e. The van der Waals surface area contributed by atoms with Gasteiger partial charge in [0.15, 0.2) is 0 Å². The Bertz CT molecular complexity index is 419. The zero-order valence-corrected chi connectivity index (χ0v) is 13.9. The van der Waals surface area contributed by atoms with Gasteiger partial charge in [0, 0.05) is 36.3 Å². The summed E-state index contributed by atoms with van der Waals surface area (Å²) in [5.41, 5.74) is 4.25. The van der Waals surface area contributed by atoms with Crippen molar-refractivity contribution in [2.75, 3.05) is 30.3 Å². The van der Waals surface area contributed by atoms with E-state index in [-0.39, 0.29) is 0 Å². The van der Waals surface area contributed by atoms with E-state index in [1.165, 1.54) is 48.5 Å². The highest BCUT2D eigenvalue weighted by molar-refractivity contribution is 8.00. The Hall–Kier alpha value is -0.670. The van der Waals surface area contributed by atoms with Crippen LogP contribution in [-0.4, -0.2) is 30.6 Å². The van der Waals surface area contributed by atoms with Crippen LogP contribution in [0.1, 0.15) is 37.8 Å². The van der Waals surface area contributed by atoms with Gasteiger partial charge in [-0.15, -0.1) is 0 Å². The van der Waals surface area contributed by atoms with Crippen molar-refractivity contribution in [2.45, 2.75) is 45.4 Å². The molecule has 1 unspecified atom stereocenters. The van der Waals surface area contributed by atoms with Crippen LogP contribution in [0, 0.1) is 6.92 Å². The molecule has 20 heavy (non-hydrogen) atoms. The maximum absolute atomic E-state index is 3.49. The molecule has 0 aromatic heterocycles. The van der Waals surface area contributed by atoms with Crippen LogP contribution in [0.15, 0.2) is 18.2 Å². The summed E-state index contributed by atoms with van der Waals surface area (Å²) in [6, 6.07) is 6.97. The summed E-state index contributed by atoms with van der Waals surface area (Å²) in [7, 11) is 0. The molecule has 1 aliphatic heterocycles. The number of hydrogen-bond donors (Lipinski definition) is 1. The predicted octanol–water partition coefficient (Wildman–Crippen LogP) is 3.83. The molecular formula is C17H28N2S. The van der Waals surface area contributed by atoms with E-state index in [1.54, 1.807) is 0 Å². The fraction of sp³-hybridized carbons (Fsp3) is 0.647. The van der Waals surface area contributed by atoms with E-state index in [1.807, 2.05) is 0 Å². The third-order valence-electron chi connectivity index (χ3n) is 4.03. The molecule has 1 atom stereocenters. The fourth-order valence-corrected chi connectivity index (χ4v) is 3.86. The van der Waals surface area contributed by atoms with E-state index in [4.69, 9.17) is 0 Å². The summed E-state index contributed by atoms with van der Waals surface area (Å²) < 4.78 is 0. The van der Waals surface area contributed by atoms with Gasteiger partial charge in [0.1, 0.15) is 0 Å². The van der Waals surface area contributed by atoms with Gasteiger partial charge in [-0.3, -0.25) is 0 Å². The molecule has 0 amide bonds. The number of nitrogens with zero attached hydrogens (tertiary/aromatic N) is 1. The van der Waals surface area contributed by atoms with E-state index in [2.05, 4.69) is 60.9 Å². The highest BCUT2D eigenvalue weighted by atomic mass is 32.2. The minimum absolute atomic E-state index is 0.801. The van der Waals surface area contributed by atoms with Gasteiger partial charge in [0.05, 0.1) is 0 Å². The quantitative estimate of drug-likeness (QED) is 0.802. The first-order chi connectivity index (χ1) is 9.74. The zero-order chi connectivity index (χ0) is 14.4. The van der Waals surface area contributed by atoms with Crippen molar-refractivity contribution in [2.24, 2.45) is 0 Å². The number of nitrogens with one attached hydrogen (secondary N) is 1. The molecule has 0 spiro atoms. The van der Waals surface area contributed by atoms with Gasteiger partial charge >= 0.3 is 0 Å². The van der Waals surface area contributed by atoms with E-state index in [9.17, 15) is 0 Å². The van der Waals surface area contributed by atoms with Gasteiger partial charge in [-0.25, -0.2) is 0 Å². The monoisotopic (exact) mass is 292 g/mol. The van der Waals surface area contributed by atoms with Crippen molar-refractivity contribution in [1.82, 2.24) is 5.32 Å². The number of hydrogen-bond acceptors (Lipinski definition) is 3. The molecule has 3 heteroatoms. The van der Waals surface area contributed by atoms with Crippen molar-refractivity contribution in [1.29, 1.82) is 0 Å². The Morgan fingerprint density at radius 3 is 2.90 bits per heavy atom. The van der Waals surface area contributed by atoms with Gasteiger partial charge in [0.25, 0.3) is 0 Å². The number of benzene rings is 1. The van der Waals surface area contributed by atoms with Crippen LogP contribution >= 0.6 is 11.8 Å². The topological polar surface area (TPSA) is 15.3 Å². The minimum Gasteiger partial charge on any atom is -0.370 e. The van der Waals surface area contributed by atoms with Crippen LogP contribution in [0.3, 0.4) is 0 Å². The molecule has 0 bridgehead atoms. The molecule has 1 heterocycles. The number of aryl methyl sites for hydroxylation is 1. The average molecular weight is 292 g/mol. The molecule has 0 aliphatic carbocycles. The molecule has 1 saturated heterocycles. The minimum atomic E-state index is 0.801. The molecule has 2 nitrogen and oxygen atoms in total. The molecule has 1 fully saturated rings. The van der Waals surface area contributed by atoms with Crippen LogP contribution in [0.5, 0.6) is 0 Å². The molecule has 1 aromatic rings. The third-order valence-corrected chi connectivity index (χ3v) is 5.40. The Labute approximate surface area is 128 Å². The molecule has 1 N–H and O–H groups in total. The second kappa shape index (κ2) is 7.94. The first-order valence-electron chi connectivity index (χ1n) is 7.91. The van der Waals surface area contributed by atoms with E-state index >= 15 is 0 Å². The molecule has 112 valence electrons. The Kier molecular flexibility index (Phi) is 6.24. The fourth-order valence-electron chi connectivity index (χ4n) is 2.68. The summed E-state index contributed by atoms with van der Waals surface area (Å²) in [4.78, 5) is 2.56. The number of thioether (sulfide) groups is 1. The molecule has 0 saturated carbocycles. The lowest BCUT2D eigenvalue weighted by Gasteiger charge is -2.34. The van der Waals surface area contributed by atoms with Crippen molar-refractivity contribution in [3.63, 3.8) is 0 Å². The smallest absolute Gasteiger partial charge is 0.0369 e. The van der Waals surface area contributed by atoms with Crippen LogP contribution in [-0.2, 0) is 6.54 Å². The van der Waals surface area contributed by atoms with E-state index < -0.39 is 0 Å². The lowest BCUT2D eigenvalue weighted by molar-refractivity contribution is 0.673. The Morgan fingerprint density at radius 2 is 2.20 bits per heavy atom. The lowest BCUT2D eigenvalue weighted by Crippen LogP contribution is -2.37. The molecular weight excluding hydrogens is 264 g/mol. The van der Waals surface area contributed by atoms with Crippen molar-refractivity contribution < 1.29 is 0 Å². The number of rotatable bonds is 6. The summed E-state index contributed by atoms with van der Waals surface area (Å²) in [6.45, 7) is 11.2. The standard InChI is InChI=1S/C17H28N2S/c1-4-8-18-12-15-6-7-16(11-14(15)3)19-9-10-20-17(5-2)13-19/h6-7,11,17-18H,4-5,8-10,12-13H2,1-3H3. The first-order valence-corrected chi connectivity index (χ1v) is 8.96. The second-order valence-corrected chi connectivity index (χ2v) is 7.04. The Morgan fingerprint density at radius 1 is 1.35 bits per heavy atom. The van der Waals surface area contributed by atoms with Crippen LogP contribution in [0.4, 0.5) is 5.69 Å². The predicted molar refractivity (Wildman–Crippen MR) is 91.9 cm³/mol. The van der Waals surface area contributed by atoms with Crippen molar-refractivity contribution in [3.05, 3.63) is 29.3 Å². The second-order valence-electron chi connectivity index (χ2n) is 5.63. The first kappa shape index (κ1) is 15.7. The SMILES string of the molecule is CCCNCc1ccc(N2CCSC(CC)C2)cc1C. The van der Waals surface area contributed by atoms with Crippen LogP contribution in [0.25, 0.3) is 0 Å². The lowest BCUT2D eigenvalue weighted by atomic mass is 10.1. The van der Waals surface area contributed by atoms with Gasteiger partial charge < -0.3 is 10.2 Å². The van der Waals surface area contributed by atoms with Gasteiger partial charge in [0.2, 0.25) is 0 Å². The van der Waals surface area contributed by atoms with E-state index in [0.29, 0.717) is 0 Å². The van der Waals surface area contributed by atoms with E-state index in [0.717, 1.165) is 18.3 Å². The summed E-state index contributed by atoms with van der Waals surface area (Å²) in [6.07, 6.45) is 2.47. The van der Waals surface area contributed by atoms with Gasteiger partial charge in [-0.2, -0.15) is 11.8 Å². The summed E-state index contributed by atoms with van der Waals surface area (Å²) in [5.74, 6) is 1.26. The summed E-state index contributed by atoms with van der Waals surface area (Å²) >= 11 is 2.13. The molecule has 1 aromatic carbocycles. The maximum Gasteiger partial charge on any atom is 0.0369 e. The average Bonchev–Trinajstić information content (AvgIpc) is 2.49. The molecule has 0 radical (unpaired) electrons. The van der Waals surface area contributed by atoms with Gasteiger partial charge in [-0.05, 0) is 49.6 Å². The van der Waals surface area contributed by atoms with Crippen molar-refractivity contribution in [3.8, 4) is 0 Å². The summed E-state index contributed by atoms with van der Waals surface area (Å²) in [5, 5.41) is 4.29. The molecule has 1 aliphatic rings. The number of anilines is 1. The van der Waals surface area contributed by atoms with Gasteiger partial charge in [-0.1, -0.05) is 19.9 Å². The highest BCUT2D eigenvalue weighted by Crippen LogP contribution is 2.27. The zero-order valence-electron chi connectivity index (χ0n) is 13.1. The highest BCUT2D eigenvalue weighted by Gasteiger charge is 2.19. The maximum atomic E-state index is 3.49. The Balaban J connectivity index is 2.00. The molecule has 2 rings (SSSR count).